The maximum absolute atomic E-state index is 12.0. The minimum absolute atomic E-state index is 0.00348. The van der Waals surface area contributed by atoms with Crippen LogP contribution in [0.15, 0.2) is 72.8 Å². The van der Waals surface area contributed by atoms with Crippen molar-refractivity contribution in [3.63, 3.8) is 0 Å². The fourth-order valence-corrected chi connectivity index (χ4v) is 2.90. The number of phenolic OH excluding ortho intramolecular Hbond substituents is 2. The number of hydrogen-bond acceptors (Lipinski definition) is 6. The highest BCUT2D eigenvalue weighted by molar-refractivity contribution is 5.89. The second-order valence-electron chi connectivity index (χ2n) is 6.14. The largest absolute Gasteiger partial charge is 0.507 e. The number of hydrogen-bond donors (Lipinski definition) is 2. The zero-order valence-corrected chi connectivity index (χ0v) is 15.0. The van der Waals surface area contributed by atoms with E-state index in [9.17, 15) is 15.0 Å². The number of phenols is 2. The van der Waals surface area contributed by atoms with E-state index in [0.717, 1.165) is 0 Å². The Bertz CT molecular complexity index is 1280. The van der Waals surface area contributed by atoms with Crippen LogP contribution in [0.1, 0.15) is 14.5 Å². The van der Waals surface area contributed by atoms with Gasteiger partial charge in [0.1, 0.15) is 11.5 Å². The molecule has 0 saturated carbocycles. The van der Waals surface area contributed by atoms with E-state index < -0.39 is 13.0 Å². The Morgan fingerprint density at radius 1 is 0.931 bits per heavy atom. The number of ether oxygens (including phenoxy) is 1. The number of esters is 1. The van der Waals surface area contributed by atoms with Gasteiger partial charge in [-0.15, -0.1) is 5.10 Å². The molecule has 4 rings (SSSR count). The number of nitrogens with zero attached hydrogens (tertiary/aromatic N) is 3. The van der Waals surface area contributed by atoms with Gasteiger partial charge in [0.15, 0.2) is 11.6 Å². The number of rotatable bonds is 4. The topological polar surface area (TPSA) is 97.5 Å². The SMILES string of the molecule is [2H]C([2H])([2H])OC(=O)c1ccc(-n2nc(-c3ccccc3O)nc2-c2ccccc2O)cc1. The van der Waals surface area contributed by atoms with Crippen LogP contribution in [0.4, 0.5) is 0 Å². The van der Waals surface area contributed by atoms with Crippen LogP contribution in [0.3, 0.4) is 0 Å². The summed E-state index contributed by atoms with van der Waals surface area (Å²) < 4.78 is 27.0. The lowest BCUT2D eigenvalue weighted by Crippen LogP contribution is -2.03. The van der Waals surface area contributed by atoms with Gasteiger partial charge in [0, 0.05) is 0 Å². The maximum Gasteiger partial charge on any atom is 0.337 e. The Balaban J connectivity index is 1.80. The Morgan fingerprint density at radius 3 is 2.17 bits per heavy atom. The third-order valence-electron chi connectivity index (χ3n) is 4.34. The molecule has 0 atom stereocenters. The van der Waals surface area contributed by atoms with E-state index in [1.165, 1.54) is 28.9 Å². The fraction of sp³-hybridized carbons (Fsp3) is 0.0455. The molecular formula is C22H17N3O4. The molecule has 1 heterocycles. The Hall–Kier alpha value is -4.13. The van der Waals surface area contributed by atoms with Gasteiger partial charge >= 0.3 is 5.97 Å². The van der Waals surface area contributed by atoms with E-state index in [2.05, 4.69) is 14.8 Å². The molecule has 4 aromatic rings. The first kappa shape index (κ1) is 14.9. The van der Waals surface area contributed by atoms with Crippen molar-refractivity contribution in [1.29, 1.82) is 0 Å². The molecule has 144 valence electrons. The molecule has 0 bridgehead atoms. The van der Waals surface area contributed by atoms with Crippen LogP contribution in [0, 0.1) is 0 Å². The maximum atomic E-state index is 12.0. The molecule has 0 unspecified atom stereocenters. The van der Waals surface area contributed by atoms with Gasteiger partial charge in [-0.2, -0.15) is 0 Å². The lowest BCUT2D eigenvalue weighted by molar-refractivity contribution is 0.0600. The molecule has 29 heavy (non-hydrogen) atoms. The van der Waals surface area contributed by atoms with Crippen molar-refractivity contribution >= 4 is 5.97 Å². The van der Waals surface area contributed by atoms with Gasteiger partial charge in [0.05, 0.1) is 33.5 Å². The summed E-state index contributed by atoms with van der Waals surface area (Å²) in [5, 5.41) is 25.1. The van der Waals surface area contributed by atoms with E-state index in [1.54, 1.807) is 48.5 Å². The van der Waals surface area contributed by atoms with Gasteiger partial charge < -0.3 is 14.9 Å². The van der Waals surface area contributed by atoms with Crippen molar-refractivity contribution in [2.75, 3.05) is 7.04 Å². The normalized spacial score (nSPS) is 12.6. The Morgan fingerprint density at radius 2 is 1.55 bits per heavy atom. The highest BCUT2D eigenvalue weighted by atomic mass is 16.5. The molecule has 0 saturated heterocycles. The third-order valence-corrected chi connectivity index (χ3v) is 4.34. The summed E-state index contributed by atoms with van der Waals surface area (Å²) in [6, 6.07) is 19.1. The molecule has 1 aromatic heterocycles. The number of para-hydroxylation sites is 2. The molecule has 7 nitrogen and oxygen atoms in total. The van der Waals surface area contributed by atoms with Crippen LogP contribution in [0.25, 0.3) is 28.5 Å². The first-order valence-corrected chi connectivity index (χ1v) is 8.60. The van der Waals surface area contributed by atoms with Crippen molar-refractivity contribution in [2.24, 2.45) is 0 Å². The average molecular weight is 390 g/mol. The lowest BCUT2D eigenvalue weighted by atomic mass is 10.1. The first-order valence-electron chi connectivity index (χ1n) is 10.1. The van der Waals surface area contributed by atoms with Crippen molar-refractivity contribution in [3.05, 3.63) is 78.4 Å². The summed E-state index contributed by atoms with van der Waals surface area (Å²) in [7, 11) is -2.84. The molecule has 0 fully saturated rings. The fourth-order valence-electron chi connectivity index (χ4n) is 2.90. The van der Waals surface area contributed by atoms with E-state index >= 15 is 0 Å². The molecule has 3 aromatic carbocycles. The molecule has 0 amide bonds. The minimum atomic E-state index is -2.84. The number of methoxy groups -OCH3 is 1. The third kappa shape index (κ3) is 3.41. The molecule has 0 aliphatic heterocycles. The van der Waals surface area contributed by atoms with Gasteiger partial charge in [0.2, 0.25) is 0 Å². The summed E-state index contributed by atoms with van der Waals surface area (Å²) in [5.41, 5.74) is 1.35. The Kier molecular flexibility index (Phi) is 3.83. The highest BCUT2D eigenvalue weighted by Crippen LogP contribution is 2.33. The number of aromatic hydroxyl groups is 2. The van der Waals surface area contributed by atoms with Gasteiger partial charge in [-0.25, -0.2) is 14.5 Å². The molecule has 0 spiro atoms. The van der Waals surface area contributed by atoms with Crippen LogP contribution in [0.5, 0.6) is 11.5 Å². The zero-order chi connectivity index (χ0) is 22.9. The molecule has 2 N–H and O–H groups in total. The second-order valence-corrected chi connectivity index (χ2v) is 6.14. The summed E-state index contributed by atoms with van der Waals surface area (Å²) >= 11 is 0. The monoisotopic (exact) mass is 390 g/mol. The standard InChI is InChI=1S/C22H17N3O4/c1-29-22(28)14-10-12-15(13-11-14)25-21(17-7-3-5-9-19(17)27)23-20(24-25)16-6-2-4-8-18(16)26/h2-13,26-27H,1H3/i1D3. The quantitative estimate of drug-likeness (QED) is 0.515. The predicted molar refractivity (Wildman–Crippen MR) is 107 cm³/mol. The summed E-state index contributed by atoms with van der Waals surface area (Å²) in [5.74, 6) is -0.462. The molecule has 7 heteroatoms. The number of aromatic nitrogens is 3. The van der Waals surface area contributed by atoms with Crippen LogP contribution in [0.2, 0.25) is 0 Å². The molecular weight excluding hydrogens is 370 g/mol. The summed E-state index contributed by atoms with van der Waals surface area (Å²) in [6.07, 6.45) is 0. The van der Waals surface area contributed by atoms with Gasteiger partial charge in [-0.05, 0) is 48.5 Å². The van der Waals surface area contributed by atoms with Crippen LogP contribution >= 0.6 is 0 Å². The first-order chi connectivity index (χ1) is 15.2. The molecule has 0 aliphatic carbocycles. The van der Waals surface area contributed by atoms with E-state index in [0.29, 0.717) is 22.6 Å². The Labute approximate surface area is 170 Å². The zero-order valence-electron chi connectivity index (χ0n) is 18.0. The second kappa shape index (κ2) is 7.47. The number of carbonyl (C=O) groups is 1. The number of carbonyl (C=O) groups excluding carboxylic acids is 1. The van der Waals surface area contributed by atoms with E-state index in [1.807, 2.05) is 0 Å². The van der Waals surface area contributed by atoms with E-state index in [4.69, 9.17) is 4.11 Å². The highest BCUT2D eigenvalue weighted by Gasteiger charge is 2.19. The summed E-state index contributed by atoms with van der Waals surface area (Å²) in [6.45, 7) is 0. The van der Waals surface area contributed by atoms with Crippen molar-refractivity contribution in [3.8, 4) is 40.0 Å². The van der Waals surface area contributed by atoms with Gasteiger partial charge in [-0.3, -0.25) is 0 Å². The van der Waals surface area contributed by atoms with E-state index in [-0.39, 0.29) is 22.9 Å². The van der Waals surface area contributed by atoms with Crippen LogP contribution < -0.4 is 0 Å². The molecule has 0 radical (unpaired) electrons. The van der Waals surface area contributed by atoms with Gasteiger partial charge in [0.25, 0.3) is 0 Å². The van der Waals surface area contributed by atoms with Crippen molar-refractivity contribution in [2.45, 2.75) is 0 Å². The summed E-state index contributed by atoms with van der Waals surface area (Å²) in [4.78, 5) is 16.5. The average Bonchev–Trinajstić information content (AvgIpc) is 3.18. The minimum Gasteiger partial charge on any atom is -0.507 e. The number of benzene rings is 3. The predicted octanol–water partition coefficient (Wildman–Crippen LogP) is 3.80. The van der Waals surface area contributed by atoms with Crippen molar-refractivity contribution < 1.29 is 23.9 Å². The van der Waals surface area contributed by atoms with Crippen molar-refractivity contribution in [1.82, 2.24) is 14.8 Å². The molecule has 0 aliphatic rings. The van der Waals surface area contributed by atoms with Crippen LogP contribution in [-0.4, -0.2) is 38.0 Å². The van der Waals surface area contributed by atoms with Gasteiger partial charge in [-0.1, -0.05) is 24.3 Å². The lowest BCUT2D eigenvalue weighted by Gasteiger charge is -2.08. The smallest absolute Gasteiger partial charge is 0.337 e. The van der Waals surface area contributed by atoms with Crippen LogP contribution in [-0.2, 0) is 4.74 Å².